The van der Waals surface area contributed by atoms with E-state index in [-0.39, 0.29) is 17.2 Å². The number of rotatable bonds is 5. The Morgan fingerprint density at radius 1 is 0.926 bits per heavy atom. The molecule has 0 aromatic heterocycles. The van der Waals surface area contributed by atoms with Crippen molar-refractivity contribution in [2.24, 2.45) is 11.1 Å². The summed E-state index contributed by atoms with van der Waals surface area (Å²) in [5.74, 6) is 0.119. The van der Waals surface area contributed by atoms with Crippen LogP contribution < -0.4 is 11.1 Å². The Morgan fingerprint density at radius 2 is 1.52 bits per heavy atom. The zero-order valence-electron chi connectivity index (χ0n) is 16.3. The topological polar surface area (TPSA) is 75.4 Å². The number of carbonyl (C=O) groups is 2. The van der Waals surface area contributed by atoms with E-state index in [0.717, 1.165) is 57.3 Å². The molecule has 1 saturated carbocycles. The van der Waals surface area contributed by atoms with Crippen LogP contribution in [0.4, 0.5) is 5.69 Å². The van der Waals surface area contributed by atoms with Crippen molar-refractivity contribution in [3.05, 3.63) is 29.8 Å². The second-order valence-corrected chi connectivity index (χ2v) is 8.27. The first-order valence-corrected chi connectivity index (χ1v) is 10.5. The molecule has 2 aliphatic rings. The summed E-state index contributed by atoms with van der Waals surface area (Å²) in [5, 5.41) is 2.98. The maximum atomic E-state index is 12.7. The molecule has 2 fully saturated rings. The Labute approximate surface area is 162 Å². The average Bonchev–Trinajstić information content (AvgIpc) is 2.98. The van der Waals surface area contributed by atoms with Crippen molar-refractivity contribution in [2.75, 3.05) is 25.0 Å². The van der Waals surface area contributed by atoms with Crippen LogP contribution in [0.3, 0.4) is 0 Å². The van der Waals surface area contributed by atoms with Gasteiger partial charge in [0.15, 0.2) is 0 Å². The summed E-state index contributed by atoms with van der Waals surface area (Å²) < 4.78 is 0. The van der Waals surface area contributed by atoms with E-state index < -0.39 is 0 Å². The number of nitrogens with two attached hydrogens (primary N) is 1. The molecular formula is C22H33N3O2. The van der Waals surface area contributed by atoms with Crippen molar-refractivity contribution in [1.29, 1.82) is 0 Å². The lowest BCUT2D eigenvalue weighted by Gasteiger charge is -2.35. The monoisotopic (exact) mass is 371 g/mol. The van der Waals surface area contributed by atoms with Crippen LogP contribution in [0.5, 0.6) is 0 Å². The molecule has 0 atom stereocenters. The van der Waals surface area contributed by atoms with Crippen LogP contribution in [0.25, 0.3) is 0 Å². The molecule has 0 unspecified atom stereocenters. The second kappa shape index (κ2) is 9.36. The van der Waals surface area contributed by atoms with Crippen LogP contribution in [-0.4, -0.2) is 36.3 Å². The fourth-order valence-electron chi connectivity index (χ4n) is 4.45. The largest absolute Gasteiger partial charge is 0.339 e. The van der Waals surface area contributed by atoms with Gasteiger partial charge in [-0.3, -0.25) is 9.59 Å². The smallest absolute Gasteiger partial charge is 0.253 e. The Kier molecular flexibility index (Phi) is 6.89. The van der Waals surface area contributed by atoms with Crippen molar-refractivity contribution in [2.45, 2.75) is 64.2 Å². The van der Waals surface area contributed by atoms with E-state index in [1.165, 1.54) is 19.3 Å². The van der Waals surface area contributed by atoms with Crippen LogP contribution in [0, 0.1) is 5.41 Å². The van der Waals surface area contributed by atoms with Gasteiger partial charge >= 0.3 is 0 Å². The van der Waals surface area contributed by atoms with Gasteiger partial charge in [-0.15, -0.1) is 0 Å². The van der Waals surface area contributed by atoms with Crippen LogP contribution in [-0.2, 0) is 4.79 Å². The summed E-state index contributed by atoms with van der Waals surface area (Å²) in [6.07, 6.45) is 10.7. The van der Waals surface area contributed by atoms with Crippen molar-refractivity contribution < 1.29 is 9.59 Å². The summed E-state index contributed by atoms with van der Waals surface area (Å²) in [7, 11) is 0. The number of nitrogens with zero attached hydrogens (tertiary/aromatic N) is 1. The van der Waals surface area contributed by atoms with Crippen molar-refractivity contribution >= 4 is 17.5 Å². The molecule has 5 heteroatoms. The van der Waals surface area contributed by atoms with Gasteiger partial charge in [-0.1, -0.05) is 32.1 Å². The minimum Gasteiger partial charge on any atom is -0.339 e. The number of hydrogen-bond acceptors (Lipinski definition) is 3. The van der Waals surface area contributed by atoms with Gasteiger partial charge in [0, 0.05) is 30.8 Å². The van der Waals surface area contributed by atoms with Gasteiger partial charge in [-0.2, -0.15) is 0 Å². The van der Waals surface area contributed by atoms with Gasteiger partial charge in [0.25, 0.3) is 5.91 Å². The Morgan fingerprint density at radius 3 is 2.11 bits per heavy atom. The molecule has 1 heterocycles. The van der Waals surface area contributed by atoms with E-state index in [2.05, 4.69) is 5.32 Å². The number of carbonyl (C=O) groups excluding carboxylic acids is 2. The Bertz CT molecular complexity index is 627. The SMILES string of the molecule is NCC1(CC(=O)Nc2ccc(C(=O)N3CCCCCC3)cc2)CCCCC1. The third-order valence-electron chi connectivity index (χ3n) is 6.19. The summed E-state index contributed by atoms with van der Waals surface area (Å²) in [6.45, 7) is 2.26. The van der Waals surface area contributed by atoms with E-state index in [9.17, 15) is 9.59 Å². The Hall–Kier alpha value is -1.88. The molecule has 1 saturated heterocycles. The zero-order chi connectivity index (χ0) is 19.1. The normalized spacial score (nSPS) is 20.0. The van der Waals surface area contributed by atoms with E-state index in [4.69, 9.17) is 5.73 Å². The van der Waals surface area contributed by atoms with Crippen molar-refractivity contribution in [3.63, 3.8) is 0 Å². The van der Waals surface area contributed by atoms with Crippen LogP contribution in [0.2, 0.25) is 0 Å². The van der Waals surface area contributed by atoms with Gasteiger partial charge in [-0.25, -0.2) is 0 Å². The summed E-state index contributed by atoms with van der Waals surface area (Å²) in [5.41, 5.74) is 7.40. The highest BCUT2D eigenvalue weighted by atomic mass is 16.2. The average molecular weight is 372 g/mol. The quantitative estimate of drug-likeness (QED) is 0.823. The Balaban J connectivity index is 1.56. The van der Waals surface area contributed by atoms with Crippen LogP contribution in [0.1, 0.15) is 74.6 Å². The fraction of sp³-hybridized carbons (Fsp3) is 0.636. The lowest BCUT2D eigenvalue weighted by atomic mass is 9.71. The number of likely N-dealkylation sites (tertiary alicyclic amines) is 1. The fourth-order valence-corrected chi connectivity index (χ4v) is 4.45. The number of nitrogens with one attached hydrogen (secondary N) is 1. The van der Waals surface area contributed by atoms with Gasteiger partial charge < -0.3 is 16.0 Å². The highest BCUT2D eigenvalue weighted by molar-refractivity contribution is 5.96. The van der Waals surface area contributed by atoms with E-state index in [1.54, 1.807) is 0 Å². The molecule has 0 radical (unpaired) electrons. The molecule has 2 amide bonds. The molecule has 3 rings (SSSR count). The first-order valence-electron chi connectivity index (χ1n) is 10.5. The lowest BCUT2D eigenvalue weighted by molar-refractivity contribution is -0.118. The molecule has 3 N–H and O–H groups in total. The summed E-state index contributed by atoms with van der Waals surface area (Å²) >= 11 is 0. The molecule has 5 nitrogen and oxygen atoms in total. The molecular weight excluding hydrogens is 338 g/mol. The van der Waals surface area contributed by atoms with E-state index >= 15 is 0 Å². The highest BCUT2D eigenvalue weighted by Gasteiger charge is 2.33. The third-order valence-corrected chi connectivity index (χ3v) is 6.19. The van der Waals surface area contributed by atoms with Gasteiger partial charge in [0.1, 0.15) is 0 Å². The van der Waals surface area contributed by atoms with Crippen LogP contribution in [0.15, 0.2) is 24.3 Å². The first-order chi connectivity index (χ1) is 13.1. The highest BCUT2D eigenvalue weighted by Crippen LogP contribution is 2.38. The third kappa shape index (κ3) is 5.32. The molecule has 1 aromatic carbocycles. The van der Waals surface area contributed by atoms with Gasteiger partial charge in [-0.05, 0) is 61.9 Å². The maximum Gasteiger partial charge on any atom is 0.253 e. The predicted octanol–water partition coefficient (Wildman–Crippen LogP) is 3.94. The maximum absolute atomic E-state index is 12.7. The zero-order valence-corrected chi connectivity index (χ0v) is 16.3. The lowest BCUT2D eigenvalue weighted by Crippen LogP contribution is -2.36. The molecule has 1 aliphatic carbocycles. The molecule has 1 aliphatic heterocycles. The van der Waals surface area contributed by atoms with E-state index in [1.807, 2.05) is 29.2 Å². The number of amides is 2. The first kappa shape index (κ1) is 19.9. The minimum atomic E-state index is -0.0367. The molecule has 148 valence electrons. The molecule has 27 heavy (non-hydrogen) atoms. The van der Waals surface area contributed by atoms with Crippen LogP contribution >= 0.6 is 0 Å². The second-order valence-electron chi connectivity index (χ2n) is 8.27. The molecule has 0 spiro atoms. The minimum absolute atomic E-state index is 0.0222. The summed E-state index contributed by atoms with van der Waals surface area (Å²) in [6, 6.07) is 7.31. The predicted molar refractivity (Wildman–Crippen MR) is 109 cm³/mol. The van der Waals surface area contributed by atoms with Crippen molar-refractivity contribution in [3.8, 4) is 0 Å². The van der Waals surface area contributed by atoms with Gasteiger partial charge in [0.2, 0.25) is 5.91 Å². The number of anilines is 1. The van der Waals surface area contributed by atoms with Crippen molar-refractivity contribution in [1.82, 2.24) is 4.90 Å². The van der Waals surface area contributed by atoms with E-state index in [0.29, 0.717) is 18.5 Å². The number of benzene rings is 1. The molecule has 0 bridgehead atoms. The number of hydrogen-bond donors (Lipinski definition) is 2. The standard InChI is InChI=1S/C22H33N3O2/c23-17-22(12-4-3-5-13-22)16-20(26)24-19-10-8-18(9-11-19)21(27)25-14-6-1-2-7-15-25/h8-11H,1-7,12-17,23H2,(H,24,26). The van der Waals surface area contributed by atoms with Gasteiger partial charge in [0.05, 0.1) is 0 Å². The molecule has 1 aromatic rings. The summed E-state index contributed by atoms with van der Waals surface area (Å²) in [4.78, 5) is 27.1.